The number of piperidine rings is 1. The van der Waals surface area contributed by atoms with Crippen LogP contribution >= 0.6 is 0 Å². The van der Waals surface area contributed by atoms with E-state index in [1.54, 1.807) is 4.90 Å². The van der Waals surface area contributed by atoms with Crippen molar-refractivity contribution in [3.05, 3.63) is 12.8 Å². The molecular weight excluding hydrogens is 282 g/mol. The number of amides is 1. The number of fused-ring (bicyclic) bond motifs is 2. The molecule has 2 bridgehead atoms. The van der Waals surface area contributed by atoms with Gasteiger partial charge in [-0.05, 0) is 51.4 Å². The number of carbonyl (C=O) groups is 2. The molecule has 2 unspecified atom stereocenters. The highest BCUT2D eigenvalue weighted by atomic mass is 16.5. The summed E-state index contributed by atoms with van der Waals surface area (Å²) in [5.74, 6) is 0.778. The van der Waals surface area contributed by atoms with Crippen molar-refractivity contribution >= 4 is 12.1 Å². The third-order valence-corrected chi connectivity index (χ3v) is 5.15. The molecule has 1 heterocycles. The largest absolute Gasteiger partial charge is 0.466 e. The predicted molar refractivity (Wildman–Crippen MR) is 83.0 cm³/mol. The summed E-state index contributed by atoms with van der Waals surface area (Å²) >= 11 is 0. The van der Waals surface area contributed by atoms with Crippen LogP contribution in [0.2, 0.25) is 0 Å². The monoisotopic (exact) mass is 309 g/mol. The molecule has 0 radical (unpaired) electrons. The molecule has 5 heteroatoms. The number of esters is 1. The first kappa shape index (κ1) is 16.8. The molecule has 1 aliphatic carbocycles. The maximum absolute atomic E-state index is 12.4. The maximum atomic E-state index is 12.4. The van der Waals surface area contributed by atoms with Crippen LogP contribution in [0.15, 0.2) is 12.8 Å². The molecule has 0 spiro atoms. The van der Waals surface area contributed by atoms with Gasteiger partial charge < -0.3 is 14.4 Å². The number of rotatable bonds is 4. The highest BCUT2D eigenvalue weighted by Gasteiger charge is 2.51. The molecule has 1 amide bonds. The number of ether oxygens (including phenoxy) is 2. The summed E-state index contributed by atoms with van der Waals surface area (Å²) < 4.78 is 10.2. The third kappa shape index (κ3) is 3.13. The Labute approximate surface area is 132 Å². The van der Waals surface area contributed by atoms with Crippen molar-refractivity contribution in [1.82, 2.24) is 4.90 Å². The van der Waals surface area contributed by atoms with Gasteiger partial charge in [-0.15, -0.1) is 0 Å². The van der Waals surface area contributed by atoms with E-state index in [2.05, 4.69) is 6.58 Å². The predicted octanol–water partition coefficient (Wildman–Crippen LogP) is 3.20. The smallest absolute Gasteiger partial charge is 0.414 e. The lowest BCUT2D eigenvalue weighted by molar-refractivity contribution is -0.163. The first-order chi connectivity index (χ1) is 10.4. The Balaban J connectivity index is 2.16. The van der Waals surface area contributed by atoms with Crippen LogP contribution in [0, 0.1) is 23.2 Å². The molecule has 1 saturated carbocycles. The Bertz CT molecular complexity index is 432. The highest BCUT2D eigenvalue weighted by Crippen LogP contribution is 2.49. The number of carbonyl (C=O) groups excluding carboxylic acids is 2. The minimum atomic E-state index is -0.514. The second-order valence-electron chi connectivity index (χ2n) is 6.87. The van der Waals surface area contributed by atoms with Crippen LogP contribution in [0.1, 0.15) is 40.0 Å². The van der Waals surface area contributed by atoms with Gasteiger partial charge in [0.15, 0.2) is 0 Å². The Hall–Kier alpha value is -1.52. The van der Waals surface area contributed by atoms with Crippen molar-refractivity contribution in [2.75, 3.05) is 19.7 Å². The normalized spacial score (nSPS) is 28.0. The minimum Gasteiger partial charge on any atom is -0.466 e. The Morgan fingerprint density at radius 3 is 2.36 bits per heavy atom. The lowest BCUT2D eigenvalue weighted by Crippen LogP contribution is -2.56. The van der Waals surface area contributed by atoms with Gasteiger partial charge in [0, 0.05) is 13.1 Å². The molecule has 2 aliphatic rings. The summed E-state index contributed by atoms with van der Waals surface area (Å²) in [6.07, 6.45) is 4.09. The summed E-state index contributed by atoms with van der Waals surface area (Å²) in [7, 11) is 0. The van der Waals surface area contributed by atoms with E-state index < -0.39 is 5.41 Å². The number of hydrogen-bond donors (Lipinski definition) is 0. The average molecular weight is 309 g/mol. The molecule has 124 valence electrons. The molecule has 1 saturated heterocycles. The summed E-state index contributed by atoms with van der Waals surface area (Å²) in [6.45, 7) is 10.9. The van der Waals surface area contributed by atoms with E-state index in [1.807, 2.05) is 20.8 Å². The van der Waals surface area contributed by atoms with E-state index in [4.69, 9.17) is 9.47 Å². The molecule has 2 atom stereocenters. The van der Waals surface area contributed by atoms with Crippen LogP contribution in [0.4, 0.5) is 4.79 Å². The van der Waals surface area contributed by atoms with Crippen LogP contribution in [-0.2, 0) is 14.3 Å². The fourth-order valence-electron chi connectivity index (χ4n) is 4.36. The quantitative estimate of drug-likeness (QED) is 0.591. The van der Waals surface area contributed by atoms with Gasteiger partial charge in [-0.2, -0.15) is 0 Å². The van der Waals surface area contributed by atoms with Gasteiger partial charge >= 0.3 is 12.1 Å². The van der Waals surface area contributed by atoms with E-state index in [1.165, 1.54) is 6.26 Å². The zero-order valence-corrected chi connectivity index (χ0v) is 13.8. The number of nitrogens with zero attached hydrogens (tertiary/aromatic N) is 1. The van der Waals surface area contributed by atoms with Crippen LogP contribution in [-0.4, -0.2) is 36.7 Å². The zero-order valence-electron chi connectivity index (χ0n) is 13.8. The summed E-state index contributed by atoms with van der Waals surface area (Å²) in [5, 5.41) is 0. The van der Waals surface area contributed by atoms with Gasteiger partial charge in [0.05, 0.1) is 18.3 Å². The van der Waals surface area contributed by atoms with E-state index >= 15 is 0 Å². The third-order valence-electron chi connectivity index (χ3n) is 5.15. The SMILES string of the molecule is C=COC(=O)N1CC2CCCC(C1)C2C(C)(C)C(=O)OCC. The number of hydrogen-bond acceptors (Lipinski definition) is 4. The molecular formula is C17H27NO4. The maximum Gasteiger partial charge on any atom is 0.414 e. The van der Waals surface area contributed by atoms with Crippen LogP contribution in [0.25, 0.3) is 0 Å². The van der Waals surface area contributed by atoms with Crippen LogP contribution < -0.4 is 0 Å². The second-order valence-corrected chi connectivity index (χ2v) is 6.87. The Morgan fingerprint density at radius 1 is 1.27 bits per heavy atom. The first-order valence-electron chi connectivity index (χ1n) is 8.15. The lowest BCUT2D eigenvalue weighted by atomic mass is 9.58. The Morgan fingerprint density at radius 2 is 1.86 bits per heavy atom. The molecule has 5 nitrogen and oxygen atoms in total. The van der Waals surface area contributed by atoms with Crippen molar-refractivity contribution in [3.8, 4) is 0 Å². The molecule has 0 aromatic rings. The van der Waals surface area contributed by atoms with Crippen molar-refractivity contribution in [3.63, 3.8) is 0 Å². The summed E-state index contributed by atoms with van der Waals surface area (Å²) in [5.41, 5.74) is -0.514. The van der Waals surface area contributed by atoms with Gasteiger partial charge in [-0.1, -0.05) is 13.0 Å². The van der Waals surface area contributed by atoms with Crippen molar-refractivity contribution in [1.29, 1.82) is 0 Å². The fourth-order valence-corrected chi connectivity index (χ4v) is 4.36. The fraction of sp³-hybridized carbons (Fsp3) is 0.765. The van der Waals surface area contributed by atoms with Gasteiger partial charge in [0.25, 0.3) is 0 Å². The van der Waals surface area contributed by atoms with Gasteiger partial charge in [-0.3, -0.25) is 4.79 Å². The molecule has 0 aromatic carbocycles. The highest BCUT2D eigenvalue weighted by molar-refractivity contribution is 5.76. The molecule has 2 fully saturated rings. The zero-order chi connectivity index (χ0) is 16.3. The van der Waals surface area contributed by atoms with E-state index in [0.717, 1.165) is 19.3 Å². The van der Waals surface area contributed by atoms with Crippen LogP contribution in [0.5, 0.6) is 0 Å². The van der Waals surface area contributed by atoms with Crippen LogP contribution in [0.3, 0.4) is 0 Å². The van der Waals surface area contributed by atoms with Crippen molar-refractivity contribution in [2.45, 2.75) is 40.0 Å². The topological polar surface area (TPSA) is 55.8 Å². The minimum absolute atomic E-state index is 0.126. The first-order valence-corrected chi connectivity index (χ1v) is 8.15. The van der Waals surface area contributed by atoms with Crippen molar-refractivity contribution in [2.24, 2.45) is 23.2 Å². The lowest BCUT2D eigenvalue weighted by Gasteiger charge is -2.51. The molecule has 0 N–H and O–H groups in total. The molecule has 1 aliphatic heterocycles. The number of likely N-dealkylation sites (tertiary alicyclic amines) is 1. The summed E-state index contributed by atoms with van der Waals surface area (Å²) in [4.78, 5) is 26.1. The Kier molecular flexibility index (Phi) is 5.14. The van der Waals surface area contributed by atoms with Gasteiger partial charge in [0.1, 0.15) is 0 Å². The molecule has 2 rings (SSSR count). The van der Waals surface area contributed by atoms with E-state index in [-0.39, 0.29) is 18.0 Å². The molecule has 22 heavy (non-hydrogen) atoms. The van der Waals surface area contributed by atoms with E-state index in [0.29, 0.717) is 31.5 Å². The van der Waals surface area contributed by atoms with Gasteiger partial charge in [0.2, 0.25) is 0 Å². The average Bonchev–Trinajstić information content (AvgIpc) is 2.46. The van der Waals surface area contributed by atoms with Gasteiger partial charge in [-0.25, -0.2) is 4.79 Å². The molecule has 0 aromatic heterocycles. The standard InChI is InChI=1S/C17H27NO4/c1-5-21-15(19)17(3,4)14-12-8-7-9-13(14)11-18(10-12)16(20)22-6-2/h6,12-14H,2,5,7-11H2,1,3-4H3. The summed E-state index contributed by atoms with van der Waals surface area (Å²) in [6, 6.07) is 0. The van der Waals surface area contributed by atoms with E-state index in [9.17, 15) is 9.59 Å². The van der Waals surface area contributed by atoms with Crippen molar-refractivity contribution < 1.29 is 19.1 Å². The second kappa shape index (κ2) is 6.71.